The molecule has 75 heavy (non-hydrogen) atoms. The van der Waals surface area contributed by atoms with E-state index in [2.05, 4.69) is 213 Å². The van der Waals surface area contributed by atoms with Crippen LogP contribution in [0.3, 0.4) is 0 Å². The normalized spacial score (nSPS) is 14.6. The van der Waals surface area contributed by atoms with Gasteiger partial charge in [-0.3, -0.25) is 9.59 Å². The molecule has 3 N–H and O–H groups in total. The molecule has 414 valence electrons. The van der Waals surface area contributed by atoms with E-state index in [0.29, 0.717) is 24.0 Å². The molecule has 0 fully saturated rings. The van der Waals surface area contributed by atoms with Crippen LogP contribution in [0.2, 0.25) is 10.1 Å². The summed E-state index contributed by atoms with van der Waals surface area (Å²) >= 11 is 0. The smallest absolute Gasteiger partial charge is 0.404 e. The molecule has 0 saturated heterocycles. The van der Waals surface area contributed by atoms with Crippen LogP contribution < -0.4 is 20.7 Å². The number of rotatable bonds is 27. The number of aliphatic hydroxyl groups excluding tert-OH is 2. The first-order valence-corrected chi connectivity index (χ1v) is 32.9. The van der Waals surface area contributed by atoms with Gasteiger partial charge in [-0.25, -0.2) is 0 Å². The maximum absolute atomic E-state index is 10.8. The quantitative estimate of drug-likeness (QED) is 0.00772. The van der Waals surface area contributed by atoms with E-state index in [9.17, 15) is 10.2 Å². The molecule has 4 aromatic carbocycles. The monoisotopic (exact) mass is 1250 g/mol. The molecule has 0 radical (unpaired) electrons. The van der Waals surface area contributed by atoms with E-state index in [1.165, 1.54) is 20.7 Å². The molecule has 0 heterocycles. The summed E-state index contributed by atoms with van der Waals surface area (Å²) in [5.74, 6) is 6.80. The molecular weight excluding hydrogens is 1160 g/mol. The SMILES string of the molecule is CCCC[C@H](CPOC)C(O)/C=C\C[C@H](C)O[Si](c1ccccc1)(c1ccccc1)C(C)(C)C.CCCC[C@H](CPOC)C(O)C#CC[C@H](C)O[Si](c1ccccc1)(c1ccccc1)C(C)(C)C.O=[S-](=O)OO.[Ba+2].[CH3-]. The molecule has 0 bridgehead atoms. The fraction of sp³-hybridized carbons (Fsp3) is 0.508. The molecule has 0 amide bonds. The third-order valence-corrected chi connectivity index (χ3v) is 25.3. The average molecular weight is 1250 g/mol. The van der Waals surface area contributed by atoms with Crippen molar-refractivity contribution in [2.24, 2.45) is 11.8 Å². The molecule has 10 nitrogen and oxygen atoms in total. The summed E-state index contributed by atoms with van der Waals surface area (Å²) in [5, 5.41) is 33.6. The van der Waals surface area contributed by atoms with Crippen molar-refractivity contribution in [1.29, 1.82) is 0 Å². The van der Waals surface area contributed by atoms with Crippen LogP contribution in [0.25, 0.3) is 0 Å². The molecule has 0 spiro atoms. The minimum Gasteiger partial charge on any atom is -0.404 e. The van der Waals surface area contributed by atoms with Gasteiger partial charge in [-0.1, -0.05) is 226 Å². The van der Waals surface area contributed by atoms with E-state index < -0.39 is 39.8 Å². The summed E-state index contributed by atoms with van der Waals surface area (Å²) in [7, 11) is -3.61. The summed E-state index contributed by atoms with van der Waals surface area (Å²) in [6.07, 6.45) is 12.7. The maximum atomic E-state index is 10.8. The Morgan fingerprint density at radius 1 is 0.627 bits per heavy atom. The van der Waals surface area contributed by atoms with Crippen molar-refractivity contribution in [3.8, 4) is 11.8 Å². The largest absolute Gasteiger partial charge is 2.00 e. The Hall–Kier alpha value is -1.32. The molecule has 0 aromatic heterocycles. The van der Waals surface area contributed by atoms with Crippen molar-refractivity contribution < 1.29 is 46.1 Å². The summed E-state index contributed by atoms with van der Waals surface area (Å²) in [6.45, 7) is 22.4. The van der Waals surface area contributed by atoms with E-state index in [0.717, 1.165) is 57.3 Å². The van der Waals surface area contributed by atoms with Gasteiger partial charge in [0.15, 0.2) is 0 Å². The number of unbranched alkanes of at least 4 members (excludes halogenated alkanes) is 2. The minimum absolute atomic E-state index is 0. The van der Waals surface area contributed by atoms with Gasteiger partial charge in [0.1, 0.15) is 6.10 Å². The maximum Gasteiger partial charge on any atom is 2.00 e. The zero-order chi connectivity index (χ0) is 54.3. The minimum atomic E-state index is -2.77. The molecule has 4 unspecified atom stereocenters. The number of hydrogen-bond acceptors (Lipinski definition) is 11. The van der Waals surface area contributed by atoms with Crippen LogP contribution in [0.15, 0.2) is 133 Å². The van der Waals surface area contributed by atoms with Crippen molar-refractivity contribution in [2.45, 2.75) is 155 Å². The van der Waals surface area contributed by atoms with Crippen LogP contribution in [0.5, 0.6) is 0 Å². The molecule has 4 rings (SSSR count). The zero-order valence-corrected chi connectivity index (χ0v) is 56.8. The van der Waals surface area contributed by atoms with Crippen molar-refractivity contribution in [2.75, 3.05) is 26.5 Å². The van der Waals surface area contributed by atoms with Gasteiger partial charge in [0, 0.05) is 50.3 Å². The van der Waals surface area contributed by atoms with Crippen molar-refractivity contribution in [3.05, 3.63) is 141 Å². The summed E-state index contributed by atoms with van der Waals surface area (Å²) in [6, 6.07) is 42.9. The van der Waals surface area contributed by atoms with Crippen LogP contribution in [-0.4, -0.2) is 132 Å². The van der Waals surface area contributed by atoms with Gasteiger partial charge in [0.05, 0.1) is 23.2 Å². The van der Waals surface area contributed by atoms with E-state index in [-0.39, 0.29) is 90.4 Å². The predicted molar refractivity (Wildman–Crippen MR) is 326 cm³/mol. The van der Waals surface area contributed by atoms with Crippen molar-refractivity contribution in [1.82, 2.24) is 0 Å². The zero-order valence-electron chi connectivity index (χ0n) is 47.6. The van der Waals surface area contributed by atoms with Gasteiger partial charge >= 0.3 is 48.9 Å². The summed E-state index contributed by atoms with van der Waals surface area (Å²) in [4.78, 5) is 0. The second-order valence-electron chi connectivity index (χ2n) is 20.5. The first kappa shape index (κ1) is 73.7. The van der Waals surface area contributed by atoms with E-state index in [4.69, 9.17) is 31.6 Å². The van der Waals surface area contributed by atoms with Crippen LogP contribution in [0.1, 0.15) is 121 Å². The van der Waals surface area contributed by atoms with Gasteiger partial charge in [-0.05, 0) is 82.2 Å². The second-order valence-corrected chi connectivity index (χ2v) is 31.8. The molecule has 16 heteroatoms. The Balaban J connectivity index is 0.00000131. The predicted octanol–water partition coefficient (Wildman–Crippen LogP) is 11.8. The van der Waals surface area contributed by atoms with E-state index >= 15 is 0 Å². The Labute approximate surface area is 502 Å². The fourth-order valence-corrected chi connectivity index (χ4v) is 20.2. The molecule has 0 saturated carbocycles. The third-order valence-electron chi connectivity index (χ3n) is 12.9. The molecule has 0 aliphatic carbocycles. The van der Waals surface area contributed by atoms with Crippen LogP contribution in [0.4, 0.5) is 0 Å². The summed E-state index contributed by atoms with van der Waals surface area (Å²) < 4.78 is 45.2. The van der Waals surface area contributed by atoms with Crippen LogP contribution >= 0.6 is 17.6 Å². The molecule has 0 aliphatic heterocycles. The molecule has 0 aliphatic rings. The van der Waals surface area contributed by atoms with Crippen LogP contribution in [0, 0.1) is 31.1 Å². The van der Waals surface area contributed by atoms with E-state index in [1.807, 2.05) is 6.08 Å². The number of hydrogen-bond donors (Lipinski definition) is 3. The first-order chi connectivity index (χ1) is 34.8. The van der Waals surface area contributed by atoms with Crippen molar-refractivity contribution >= 4 is 115 Å². The van der Waals surface area contributed by atoms with Gasteiger partial charge in [-0.2, -0.15) is 0 Å². The van der Waals surface area contributed by atoms with E-state index in [1.54, 1.807) is 14.2 Å². The first-order valence-electron chi connectivity index (χ1n) is 25.8. The average Bonchev–Trinajstić information content (AvgIpc) is 3.37. The Kier molecular flexibility index (Phi) is 39.2. The summed E-state index contributed by atoms with van der Waals surface area (Å²) in [5.41, 5.74) is 0. The standard InChI is InChI=1S/C29H45O3PSi.C29H43O3PSi.CH3.Ba.HO4S/c2*1-7-8-17-25(23-33-31-6)28(30)22-15-16-24(2)32-34(29(3,4)5,26-18-11-9-12-19-26)27-20-13-10-14-21-27;;;1-4-5(2)3/h9-15,18-22,24-25,28,30,33H,7-8,16-17,23H2,1-6H3;9-14,18-21,24-25,28,30,33H,7-8,16-17,23H2,1-6H3;1H3;;1H/q;;-1;+2;-1/b22-15-;;;;/t2*24-,25+,28?;;;/m00.../s1. The fourth-order valence-electron chi connectivity index (χ4n) is 9.15. The second kappa shape index (κ2) is 39.9. The van der Waals surface area contributed by atoms with Gasteiger partial charge in [0.25, 0.3) is 16.6 Å². The van der Waals surface area contributed by atoms with Crippen molar-refractivity contribution in [3.63, 3.8) is 0 Å². The number of benzene rings is 4. The Bertz CT molecular complexity index is 2120. The molecule has 8 atom stereocenters. The Morgan fingerprint density at radius 2 is 0.973 bits per heavy atom. The van der Waals surface area contributed by atoms with Gasteiger partial charge in [0.2, 0.25) is 0 Å². The van der Waals surface area contributed by atoms with Gasteiger partial charge in [-0.15, -0.1) is 0 Å². The molecular formula is C59H92BaO10P2SSi2. The topological polar surface area (TPSA) is 141 Å². The Morgan fingerprint density at radius 3 is 1.31 bits per heavy atom. The van der Waals surface area contributed by atoms with Gasteiger partial charge < -0.3 is 44.0 Å². The molecule has 4 aromatic rings. The third kappa shape index (κ3) is 24.9. The van der Waals surface area contributed by atoms with Crippen LogP contribution in [-0.2, 0) is 41.6 Å². The number of aliphatic hydroxyl groups is 2.